The van der Waals surface area contributed by atoms with Crippen LogP contribution in [0.15, 0.2) is 413 Å². The van der Waals surface area contributed by atoms with Gasteiger partial charge in [0.15, 0.2) is 0 Å². The van der Waals surface area contributed by atoms with Gasteiger partial charge in [0.05, 0.1) is 0 Å². The summed E-state index contributed by atoms with van der Waals surface area (Å²) in [6.07, 6.45) is 0. The number of hydrogen-bond acceptors (Lipinski definition) is 6. The highest BCUT2D eigenvalue weighted by molar-refractivity contribution is 6.34. The molecule has 0 saturated carbocycles. The fraction of sp³-hybridized carbons (Fsp3) is 0.0556. The lowest BCUT2D eigenvalue weighted by molar-refractivity contribution is 1.21. The van der Waals surface area contributed by atoms with Gasteiger partial charge in [-0.25, -0.2) is 0 Å². The second-order valence-electron chi connectivity index (χ2n) is 29.7. The van der Waals surface area contributed by atoms with E-state index in [-0.39, 0.29) is 0 Å². The van der Waals surface area contributed by atoms with Crippen LogP contribution in [-0.4, -0.2) is 21.1 Å². The number of fused-ring (bicyclic) bond motifs is 7. The zero-order valence-corrected chi connectivity index (χ0v) is 64.9. The molecule has 0 aliphatic rings. The number of anilines is 15. The molecule has 0 saturated heterocycles. The SMILES string of the molecule is Cc1ccc(N(c2ccccc2)c2ccc(N(C)c3cc4ccccc4c4ccccc34)cc2)cc1.Cc1ccc(N(c2ccccc2)c2ccc(N(C)c3ccc4c5cccc6cccc(c7cccc3c74)c65)cc2)cc1.Cc1ccc(N(c2ccccc2)c2ccc(N(C)c3ccc4cc5ccccc5cc4c3)cc2)cc1. The molecule has 0 aliphatic carbocycles. The first-order valence-electron chi connectivity index (χ1n) is 39.2. The van der Waals surface area contributed by atoms with Gasteiger partial charge in [0.2, 0.25) is 0 Å². The molecular weight excluding hydrogens is 1380 g/mol. The average Bonchev–Trinajstić information content (AvgIpc) is 0.715. The summed E-state index contributed by atoms with van der Waals surface area (Å²) in [5.41, 5.74) is 21.0. The number of benzene rings is 20. The van der Waals surface area contributed by atoms with E-state index in [2.05, 4.69) is 484 Å². The van der Waals surface area contributed by atoms with Gasteiger partial charge in [-0.15, -0.1) is 0 Å². The Morgan fingerprint density at radius 2 is 0.447 bits per heavy atom. The molecule has 548 valence electrons. The van der Waals surface area contributed by atoms with E-state index in [1.165, 1.54) is 120 Å². The fourth-order valence-corrected chi connectivity index (χ4v) is 16.4. The Kier molecular flexibility index (Phi) is 19.4. The number of aryl methyl sites for hydroxylation is 3. The minimum atomic E-state index is 1.13. The topological polar surface area (TPSA) is 19.4 Å². The van der Waals surface area contributed by atoms with Crippen molar-refractivity contribution in [2.75, 3.05) is 50.5 Å². The van der Waals surface area contributed by atoms with Gasteiger partial charge in [-0.1, -0.05) is 247 Å². The van der Waals surface area contributed by atoms with E-state index in [1.54, 1.807) is 0 Å². The van der Waals surface area contributed by atoms with Gasteiger partial charge in [0.1, 0.15) is 0 Å². The predicted octanol–water partition coefficient (Wildman–Crippen LogP) is 30.4. The Morgan fingerprint density at radius 3 is 0.912 bits per heavy atom. The Morgan fingerprint density at radius 1 is 0.149 bits per heavy atom. The summed E-state index contributed by atoms with van der Waals surface area (Å²) in [4.78, 5) is 13.8. The standard InChI is InChI=1S/C40H30N2.2C34H28N2/c1-27-17-19-31(20-18-27)42(30-11-4-3-5-12-30)32-23-21-29(22-24-32)41(2)38-26-25-36-34-14-7-10-28-9-6-13-33(39(28)34)35-15-8-16-37(38)40(35)36;1-25-16-18-29(19-17-25)36(28-11-4-3-5-12-28)30-22-20-27(21-23-30)35(2)34-24-26-10-6-7-13-31(26)32-14-8-9-15-33(32)34;1-25-12-15-32(16-13-25)36(31-10-4-3-5-11-31)33-20-18-30(19-21-33)35(2)34-17-14-28-22-26-8-6-7-9-27(26)23-29(28)24-34/h3-26H,1-2H3;2*3-24H,1-2H3. The second-order valence-corrected chi connectivity index (χ2v) is 29.7. The van der Waals surface area contributed by atoms with Gasteiger partial charge < -0.3 is 29.4 Å². The lowest BCUT2D eigenvalue weighted by Crippen LogP contribution is -2.12. The maximum atomic E-state index is 2.31. The minimum absolute atomic E-state index is 1.13. The Balaban J connectivity index is 0.000000119. The molecule has 0 spiro atoms. The Labute approximate surface area is 667 Å². The second kappa shape index (κ2) is 31.1. The van der Waals surface area contributed by atoms with Crippen LogP contribution in [0.2, 0.25) is 0 Å². The lowest BCUT2D eigenvalue weighted by atomic mass is 9.89. The molecule has 0 aliphatic heterocycles. The van der Waals surface area contributed by atoms with Crippen LogP contribution in [-0.2, 0) is 0 Å². The van der Waals surface area contributed by atoms with E-state index in [9.17, 15) is 0 Å². The van der Waals surface area contributed by atoms with Gasteiger partial charge in [-0.3, -0.25) is 0 Å². The van der Waals surface area contributed by atoms with Gasteiger partial charge in [0.25, 0.3) is 0 Å². The molecule has 20 aromatic carbocycles. The molecule has 20 aromatic rings. The number of hydrogen-bond donors (Lipinski definition) is 0. The third-order valence-corrected chi connectivity index (χ3v) is 22.5. The quantitative estimate of drug-likeness (QED) is 0.0747. The first kappa shape index (κ1) is 71.2. The molecule has 114 heavy (non-hydrogen) atoms. The molecule has 0 heterocycles. The molecule has 6 nitrogen and oxygen atoms in total. The predicted molar refractivity (Wildman–Crippen MR) is 492 cm³/mol. The minimum Gasteiger partial charge on any atom is -0.345 e. The first-order chi connectivity index (χ1) is 56.0. The molecule has 0 amide bonds. The maximum Gasteiger partial charge on any atom is 0.0494 e. The molecule has 0 bridgehead atoms. The van der Waals surface area contributed by atoms with Crippen molar-refractivity contribution in [1.82, 2.24) is 0 Å². The molecule has 0 atom stereocenters. The first-order valence-corrected chi connectivity index (χ1v) is 39.2. The highest BCUT2D eigenvalue weighted by Crippen LogP contribution is 2.47. The smallest absolute Gasteiger partial charge is 0.0494 e. The van der Waals surface area contributed by atoms with Crippen LogP contribution in [0.3, 0.4) is 0 Å². The van der Waals surface area contributed by atoms with Crippen molar-refractivity contribution in [2.24, 2.45) is 0 Å². The van der Waals surface area contributed by atoms with Gasteiger partial charge >= 0.3 is 0 Å². The summed E-state index contributed by atoms with van der Waals surface area (Å²) in [6, 6.07) is 148. The summed E-state index contributed by atoms with van der Waals surface area (Å²) < 4.78 is 0. The summed E-state index contributed by atoms with van der Waals surface area (Å²) in [6.45, 7) is 6.37. The molecule has 0 aromatic heterocycles. The summed E-state index contributed by atoms with van der Waals surface area (Å²) in [5, 5.41) is 20.7. The summed E-state index contributed by atoms with van der Waals surface area (Å²) >= 11 is 0. The third kappa shape index (κ3) is 14.0. The van der Waals surface area contributed by atoms with E-state index in [4.69, 9.17) is 0 Å². The van der Waals surface area contributed by atoms with Gasteiger partial charge in [0, 0.05) is 117 Å². The van der Waals surface area contributed by atoms with Crippen molar-refractivity contribution < 1.29 is 0 Å². The van der Waals surface area contributed by atoms with Crippen molar-refractivity contribution in [2.45, 2.75) is 20.8 Å². The van der Waals surface area contributed by atoms with Crippen molar-refractivity contribution in [3.05, 3.63) is 429 Å². The van der Waals surface area contributed by atoms with E-state index in [0.29, 0.717) is 0 Å². The van der Waals surface area contributed by atoms with Crippen LogP contribution in [0.5, 0.6) is 0 Å². The lowest BCUT2D eigenvalue weighted by Gasteiger charge is -2.27. The fourth-order valence-electron chi connectivity index (χ4n) is 16.4. The van der Waals surface area contributed by atoms with Gasteiger partial charge in [-0.05, 0) is 278 Å². The van der Waals surface area contributed by atoms with Crippen molar-refractivity contribution in [3.63, 3.8) is 0 Å². The number of nitrogens with zero attached hydrogens (tertiary/aromatic N) is 6. The van der Waals surface area contributed by atoms with Crippen LogP contribution in [0.1, 0.15) is 16.7 Å². The highest BCUT2D eigenvalue weighted by atomic mass is 15.2. The Bertz CT molecular complexity index is 6720. The maximum absolute atomic E-state index is 2.31. The number of rotatable bonds is 15. The summed E-state index contributed by atoms with van der Waals surface area (Å²) in [7, 11) is 6.46. The molecule has 0 radical (unpaired) electrons. The van der Waals surface area contributed by atoms with E-state index in [0.717, 1.165) is 68.2 Å². The third-order valence-electron chi connectivity index (χ3n) is 22.5. The van der Waals surface area contributed by atoms with E-state index in [1.807, 2.05) is 0 Å². The van der Waals surface area contributed by atoms with Crippen molar-refractivity contribution >= 4 is 171 Å². The Hall–Kier alpha value is -14.5. The molecule has 0 fully saturated rings. The number of para-hydroxylation sites is 3. The molecule has 20 rings (SSSR count). The van der Waals surface area contributed by atoms with Crippen LogP contribution >= 0.6 is 0 Å². The van der Waals surface area contributed by atoms with Crippen molar-refractivity contribution in [1.29, 1.82) is 0 Å². The molecule has 0 N–H and O–H groups in total. The monoisotopic (exact) mass is 1470 g/mol. The van der Waals surface area contributed by atoms with Crippen molar-refractivity contribution in [3.8, 4) is 0 Å². The van der Waals surface area contributed by atoms with Crippen LogP contribution in [0, 0.1) is 20.8 Å². The molecule has 0 unspecified atom stereocenters. The largest absolute Gasteiger partial charge is 0.345 e. The molecular formula is C108H86N6. The molecule has 6 heteroatoms. The van der Waals surface area contributed by atoms with Crippen LogP contribution in [0.4, 0.5) is 85.3 Å². The van der Waals surface area contributed by atoms with Crippen LogP contribution in [0.25, 0.3) is 86.2 Å². The zero-order chi connectivity index (χ0) is 77.2. The zero-order valence-electron chi connectivity index (χ0n) is 64.9. The van der Waals surface area contributed by atoms with E-state index >= 15 is 0 Å². The summed E-state index contributed by atoms with van der Waals surface area (Å²) in [5.74, 6) is 0. The average molecular weight is 1470 g/mol. The highest BCUT2D eigenvalue weighted by Gasteiger charge is 2.21. The van der Waals surface area contributed by atoms with Gasteiger partial charge in [-0.2, -0.15) is 0 Å². The van der Waals surface area contributed by atoms with E-state index < -0.39 is 0 Å². The van der Waals surface area contributed by atoms with Crippen LogP contribution < -0.4 is 29.4 Å². The normalized spacial score (nSPS) is 11.2.